The van der Waals surface area contributed by atoms with Crippen LogP contribution in [0.25, 0.3) is 0 Å². The summed E-state index contributed by atoms with van der Waals surface area (Å²) in [6.07, 6.45) is 6.34. The summed E-state index contributed by atoms with van der Waals surface area (Å²) in [5, 5.41) is 0. The molecule has 2 atom stereocenters. The largest absolute Gasteiger partial charge is 0.486 e. The molecule has 0 radical (unpaired) electrons. The maximum atomic E-state index is 13.1. The van der Waals surface area contributed by atoms with Gasteiger partial charge in [0, 0.05) is 12.0 Å². The molecule has 5 nitrogen and oxygen atoms in total. The molecule has 5 heteroatoms. The highest BCUT2D eigenvalue weighted by Crippen LogP contribution is 2.52. The number of hydrogen-bond donors (Lipinski definition) is 1. The fourth-order valence-electron chi connectivity index (χ4n) is 5.02. The molecule has 1 saturated carbocycles. The monoisotopic (exact) mass is 358 g/mol. The van der Waals surface area contributed by atoms with Crippen molar-refractivity contribution in [1.82, 2.24) is 4.90 Å². The van der Waals surface area contributed by atoms with Crippen molar-refractivity contribution in [1.29, 1.82) is 0 Å². The molecule has 1 spiro atoms. The van der Waals surface area contributed by atoms with Gasteiger partial charge in [-0.25, -0.2) is 0 Å². The van der Waals surface area contributed by atoms with Gasteiger partial charge in [0.15, 0.2) is 11.5 Å². The molecular formula is C21H30N2O3. The van der Waals surface area contributed by atoms with Crippen LogP contribution in [0.15, 0.2) is 12.1 Å². The average Bonchev–Trinajstić information content (AvgIpc) is 3.12. The molecule has 142 valence electrons. The standard InChI is InChI=1S/C21H30N2O3/c1-3-6-17(22)20(24)23-13-21(7-4-5-8-21)16-12-19-18(25-9-10-26-19)11-15(16)14(23)2/h11-12,14,17H,3-10,13,22H2,1-2H3. The van der Waals surface area contributed by atoms with Crippen LogP contribution in [0, 0.1) is 0 Å². The number of benzene rings is 1. The number of ether oxygens (including phenoxy) is 2. The Morgan fingerprint density at radius 2 is 1.92 bits per heavy atom. The quantitative estimate of drug-likeness (QED) is 0.900. The molecule has 1 aromatic rings. The molecule has 0 saturated heterocycles. The maximum Gasteiger partial charge on any atom is 0.240 e. The van der Waals surface area contributed by atoms with Gasteiger partial charge in [-0.2, -0.15) is 0 Å². The van der Waals surface area contributed by atoms with Crippen molar-refractivity contribution in [3.8, 4) is 11.5 Å². The first-order valence-corrected chi connectivity index (χ1v) is 10.1. The van der Waals surface area contributed by atoms with Crippen LogP contribution in [0.2, 0.25) is 0 Å². The van der Waals surface area contributed by atoms with Gasteiger partial charge in [-0.15, -0.1) is 0 Å². The third-order valence-electron chi connectivity index (χ3n) is 6.44. The van der Waals surface area contributed by atoms with Crippen LogP contribution < -0.4 is 15.2 Å². The van der Waals surface area contributed by atoms with E-state index in [1.165, 1.54) is 24.0 Å². The zero-order valence-electron chi connectivity index (χ0n) is 15.9. The summed E-state index contributed by atoms with van der Waals surface area (Å²) in [4.78, 5) is 15.1. The van der Waals surface area contributed by atoms with Crippen molar-refractivity contribution >= 4 is 5.91 Å². The summed E-state index contributed by atoms with van der Waals surface area (Å²) >= 11 is 0. The Bertz CT molecular complexity index is 697. The summed E-state index contributed by atoms with van der Waals surface area (Å²) in [5.41, 5.74) is 8.81. The Balaban J connectivity index is 1.76. The molecule has 0 bridgehead atoms. The van der Waals surface area contributed by atoms with Crippen LogP contribution in [0.1, 0.15) is 69.5 Å². The second kappa shape index (κ2) is 6.76. The Morgan fingerprint density at radius 3 is 2.58 bits per heavy atom. The summed E-state index contributed by atoms with van der Waals surface area (Å²) in [5.74, 6) is 1.75. The lowest BCUT2D eigenvalue weighted by atomic mass is 9.71. The van der Waals surface area contributed by atoms with E-state index < -0.39 is 6.04 Å². The molecule has 2 aliphatic heterocycles. The second-order valence-corrected chi connectivity index (χ2v) is 8.11. The highest BCUT2D eigenvalue weighted by atomic mass is 16.6. The van der Waals surface area contributed by atoms with E-state index in [0.717, 1.165) is 43.7 Å². The number of carbonyl (C=O) groups excluding carboxylic acids is 1. The van der Waals surface area contributed by atoms with Gasteiger partial charge in [-0.05, 0) is 49.4 Å². The molecule has 4 rings (SSSR count). The predicted octanol–water partition coefficient (Wildman–Crippen LogP) is 3.30. The SMILES string of the molecule is CCCC(N)C(=O)N1CC2(CCCC2)c2cc3c(cc2C1C)OCCO3. The van der Waals surface area contributed by atoms with E-state index in [-0.39, 0.29) is 17.4 Å². The van der Waals surface area contributed by atoms with Gasteiger partial charge < -0.3 is 20.1 Å². The van der Waals surface area contributed by atoms with Crippen LogP contribution in [-0.2, 0) is 10.2 Å². The molecule has 2 heterocycles. The van der Waals surface area contributed by atoms with E-state index in [0.29, 0.717) is 13.2 Å². The van der Waals surface area contributed by atoms with Crippen molar-refractivity contribution in [3.63, 3.8) is 0 Å². The van der Waals surface area contributed by atoms with Crippen molar-refractivity contribution in [2.45, 2.75) is 69.9 Å². The topological polar surface area (TPSA) is 64.8 Å². The molecule has 1 amide bonds. The van der Waals surface area contributed by atoms with Crippen LogP contribution in [0.5, 0.6) is 11.5 Å². The minimum Gasteiger partial charge on any atom is -0.486 e. The smallest absolute Gasteiger partial charge is 0.240 e. The highest BCUT2D eigenvalue weighted by Gasteiger charge is 2.46. The maximum absolute atomic E-state index is 13.1. The Kier molecular flexibility index (Phi) is 4.59. The number of nitrogens with zero attached hydrogens (tertiary/aromatic N) is 1. The third kappa shape index (κ3) is 2.77. The summed E-state index contributed by atoms with van der Waals surface area (Å²) < 4.78 is 11.7. The minimum absolute atomic E-state index is 0.0162. The van der Waals surface area contributed by atoms with Crippen LogP contribution in [0.3, 0.4) is 0 Å². The lowest BCUT2D eigenvalue weighted by Crippen LogP contribution is -2.53. The first kappa shape index (κ1) is 17.7. The van der Waals surface area contributed by atoms with Gasteiger partial charge in [-0.3, -0.25) is 4.79 Å². The molecule has 2 unspecified atom stereocenters. The first-order chi connectivity index (χ1) is 12.6. The fourth-order valence-corrected chi connectivity index (χ4v) is 5.02. The number of carbonyl (C=O) groups is 1. The summed E-state index contributed by atoms with van der Waals surface area (Å²) in [7, 11) is 0. The van der Waals surface area contributed by atoms with Crippen molar-refractivity contribution < 1.29 is 14.3 Å². The number of hydrogen-bond acceptors (Lipinski definition) is 4. The Hall–Kier alpha value is -1.75. The summed E-state index contributed by atoms with van der Waals surface area (Å²) in [6.45, 7) is 6.15. The van der Waals surface area contributed by atoms with E-state index >= 15 is 0 Å². The molecule has 1 aliphatic carbocycles. The van der Waals surface area contributed by atoms with E-state index in [9.17, 15) is 4.79 Å². The fraction of sp³-hybridized carbons (Fsp3) is 0.667. The number of fused-ring (bicyclic) bond motifs is 3. The van der Waals surface area contributed by atoms with Crippen LogP contribution in [0.4, 0.5) is 0 Å². The third-order valence-corrected chi connectivity index (χ3v) is 6.44. The molecule has 3 aliphatic rings. The Labute approximate surface area is 155 Å². The van der Waals surface area contributed by atoms with Gasteiger partial charge in [0.25, 0.3) is 0 Å². The van der Waals surface area contributed by atoms with E-state index in [1.807, 2.05) is 4.90 Å². The molecule has 0 aromatic heterocycles. The van der Waals surface area contributed by atoms with E-state index in [2.05, 4.69) is 26.0 Å². The van der Waals surface area contributed by atoms with Gasteiger partial charge in [0.2, 0.25) is 5.91 Å². The molecule has 1 fully saturated rings. The summed E-state index contributed by atoms with van der Waals surface area (Å²) in [6, 6.07) is 3.92. The van der Waals surface area contributed by atoms with E-state index in [4.69, 9.17) is 15.2 Å². The van der Waals surface area contributed by atoms with Gasteiger partial charge in [0.05, 0.1) is 12.1 Å². The average molecular weight is 358 g/mol. The molecule has 1 aromatic carbocycles. The van der Waals surface area contributed by atoms with Crippen molar-refractivity contribution in [2.75, 3.05) is 19.8 Å². The molecule has 2 N–H and O–H groups in total. The van der Waals surface area contributed by atoms with E-state index in [1.54, 1.807) is 0 Å². The second-order valence-electron chi connectivity index (χ2n) is 8.11. The Morgan fingerprint density at radius 1 is 1.27 bits per heavy atom. The lowest BCUT2D eigenvalue weighted by molar-refractivity contribution is -0.136. The minimum atomic E-state index is -0.403. The molecule has 26 heavy (non-hydrogen) atoms. The van der Waals surface area contributed by atoms with Gasteiger partial charge in [0.1, 0.15) is 13.2 Å². The number of amides is 1. The zero-order valence-corrected chi connectivity index (χ0v) is 15.9. The highest BCUT2D eigenvalue weighted by molar-refractivity contribution is 5.82. The number of nitrogens with two attached hydrogens (primary N) is 1. The normalized spacial score (nSPS) is 24.4. The zero-order chi connectivity index (χ0) is 18.3. The van der Waals surface area contributed by atoms with Crippen molar-refractivity contribution in [3.05, 3.63) is 23.3 Å². The predicted molar refractivity (Wildman–Crippen MR) is 101 cm³/mol. The van der Waals surface area contributed by atoms with Crippen molar-refractivity contribution in [2.24, 2.45) is 5.73 Å². The lowest BCUT2D eigenvalue weighted by Gasteiger charge is -2.47. The molecular weight excluding hydrogens is 328 g/mol. The first-order valence-electron chi connectivity index (χ1n) is 10.1. The van der Waals surface area contributed by atoms with Gasteiger partial charge in [-0.1, -0.05) is 26.2 Å². The number of rotatable bonds is 3. The van der Waals surface area contributed by atoms with Gasteiger partial charge >= 0.3 is 0 Å². The van der Waals surface area contributed by atoms with Crippen LogP contribution >= 0.6 is 0 Å². The van der Waals surface area contributed by atoms with Crippen LogP contribution in [-0.4, -0.2) is 36.6 Å².